The minimum absolute atomic E-state index is 0.826. The third-order valence-electron chi connectivity index (χ3n) is 2.97. The molecule has 0 amide bonds. The van der Waals surface area contributed by atoms with Crippen LogP contribution in [0.25, 0.3) is 0 Å². The van der Waals surface area contributed by atoms with Crippen molar-refractivity contribution in [1.29, 1.82) is 0 Å². The number of fused-ring (bicyclic) bond motifs is 1. The number of hydrogen-bond acceptors (Lipinski definition) is 1. The molecule has 0 atom stereocenters. The third kappa shape index (κ3) is 1.41. The first-order valence-corrected chi connectivity index (χ1v) is 4.95. The quantitative estimate of drug-likeness (QED) is 0.475. The molecule has 2 rings (SSSR count). The molecule has 0 saturated carbocycles. The van der Waals surface area contributed by atoms with E-state index in [2.05, 4.69) is 0 Å². The average Bonchev–Trinajstić information content (AvgIpc) is 2.37. The zero-order chi connectivity index (χ0) is 9.26. The van der Waals surface area contributed by atoms with Gasteiger partial charge in [0.1, 0.15) is 0 Å². The van der Waals surface area contributed by atoms with E-state index in [0.29, 0.717) is 0 Å². The Hall–Kier alpha value is -1.05. The molecular weight excluding hydrogens is 162 g/mol. The van der Waals surface area contributed by atoms with Crippen LogP contribution in [0.3, 0.4) is 0 Å². The van der Waals surface area contributed by atoms with Crippen LogP contribution in [0.15, 0.2) is 6.07 Å². The Morgan fingerprint density at radius 3 is 2.85 bits per heavy atom. The number of carbonyl (C=O) groups is 1. The van der Waals surface area contributed by atoms with Crippen molar-refractivity contribution in [2.45, 2.75) is 32.1 Å². The summed E-state index contributed by atoms with van der Waals surface area (Å²) in [5.41, 5.74) is 3.59. The summed E-state index contributed by atoms with van der Waals surface area (Å²) >= 11 is 0. The molecule has 1 heterocycles. The number of rotatable bonds is 1. The van der Waals surface area contributed by atoms with Gasteiger partial charge in [-0.15, -0.1) is 0 Å². The number of aryl methyl sites for hydroxylation is 1. The second-order valence-corrected chi connectivity index (χ2v) is 3.78. The molecule has 1 aliphatic carbocycles. The molecular formula is C11H15NO. The maximum Gasteiger partial charge on any atom is 0.166 e. The summed E-state index contributed by atoms with van der Waals surface area (Å²) in [6.45, 7) is 0. The summed E-state index contributed by atoms with van der Waals surface area (Å²) in [6.07, 6.45) is 7.11. The Bertz CT molecular complexity index is 325. The predicted molar refractivity (Wildman–Crippen MR) is 52.1 cm³/mol. The van der Waals surface area contributed by atoms with Gasteiger partial charge in [0, 0.05) is 12.7 Å². The standard InChI is InChI=1S/C11H15NO/c1-12-10(8-13)7-9-5-3-2-4-6-11(9)12/h7-8H,2-6H2,1H3. The highest BCUT2D eigenvalue weighted by Gasteiger charge is 2.13. The first-order valence-electron chi connectivity index (χ1n) is 4.95. The Labute approximate surface area is 78.6 Å². The van der Waals surface area contributed by atoms with Gasteiger partial charge in [0.15, 0.2) is 6.29 Å². The SMILES string of the molecule is Cn1c(C=O)cc2c1CCCCC2. The molecule has 70 valence electrons. The summed E-state index contributed by atoms with van der Waals surface area (Å²) < 4.78 is 2.05. The fraction of sp³-hybridized carbons (Fsp3) is 0.545. The number of carbonyl (C=O) groups excluding carboxylic acids is 1. The lowest BCUT2D eigenvalue weighted by molar-refractivity contribution is 0.111. The summed E-state index contributed by atoms with van der Waals surface area (Å²) in [5.74, 6) is 0. The monoisotopic (exact) mass is 177 g/mol. The van der Waals surface area contributed by atoms with E-state index in [1.807, 2.05) is 17.7 Å². The number of aromatic nitrogens is 1. The van der Waals surface area contributed by atoms with E-state index >= 15 is 0 Å². The van der Waals surface area contributed by atoms with Gasteiger partial charge in [0.25, 0.3) is 0 Å². The molecule has 2 nitrogen and oxygen atoms in total. The Kier molecular flexibility index (Phi) is 2.21. The van der Waals surface area contributed by atoms with Crippen LogP contribution < -0.4 is 0 Å². The Balaban J connectivity index is 2.44. The van der Waals surface area contributed by atoms with Crippen molar-refractivity contribution in [3.8, 4) is 0 Å². The maximum absolute atomic E-state index is 10.7. The molecule has 0 bridgehead atoms. The van der Waals surface area contributed by atoms with Gasteiger partial charge in [-0.05, 0) is 37.3 Å². The molecule has 13 heavy (non-hydrogen) atoms. The fourth-order valence-corrected chi connectivity index (χ4v) is 2.17. The minimum atomic E-state index is 0.826. The zero-order valence-electron chi connectivity index (χ0n) is 8.05. The van der Waals surface area contributed by atoms with Crippen molar-refractivity contribution >= 4 is 6.29 Å². The molecule has 0 N–H and O–H groups in total. The van der Waals surface area contributed by atoms with E-state index < -0.39 is 0 Å². The van der Waals surface area contributed by atoms with Gasteiger partial charge in [0.2, 0.25) is 0 Å². The largest absolute Gasteiger partial charge is 0.345 e. The molecule has 0 aromatic carbocycles. The molecule has 0 unspecified atom stereocenters. The summed E-state index contributed by atoms with van der Waals surface area (Å²) in [4.78, 5) is 10.7. The molecule has 0 aliphatic heterocycles. The van der Waals surface area contributed by atoms with E-state index in [4.69, 9.17) is 0 Å². The van der Waals surface area contributed by atoms with Gasteiger partial charge in [-0.1, -0.05) is 6.42 Å². The summed E-state index contributed by atoms with van der Waals surface area (Å²) in [7, 11) is 1.99. The van der Waals surface area contributed by atoms with Crippen LogP contribution in [0.1, 0.15) is 41.0 Å². The van der Waals surface area contributed by atoms with Crippen molar-refractivity contribution in [2.75, 3.05) is 0 Å². The predicted octanol–water partition coefficient (Wildman–Crippen LogP) is 2.11. The highest BCUT2D eigenvalue weighted by Crippen LogP contribution is 2.22. The lowest BCUT2D eigenvalue weighted by Gasteiger charge is -2.03. The number of nitrogens with zero attached hydrogens (tertiary/aromatic N) is 1. The van der Waals surface area contributed by atoms with Crippen molar-refractivity contribution in [2.24, 2.45) is 7.05 Å². The van der Waals surface area contributed by atoms with E-state index in [9.17, 15) is 4.79 Å². The van der Waals surface area contributed by atoms with Crippen LogP contribution in [0.5, 0.6) is 0 Å². The van der Waals surface area contributed by atoms with Crippen LogP contribution in [-0.4, -0.2) is 10.9 Å². The highest BCUT2D eigenvalue weighted by molar-refractivity contribution is 5.73. The third-order valence-corrected chi connectivity index (χ3v) is 2.97. The number of aldehydes is 1. The molecule has 1 aromatic rings. The zero-order valence-corrected chi connectivity index (χ0v) is 8.05. The van der Waals surface area contributed by atoms with Crippen LogP contribution in [0, 0.1) is 0 Å². The molecule has 0 spiro atoms. The van der Waals surface area contributed by atoms with Gasteiger partial charge >= 0.3 is 0 Å². The van der Waals surface area contributed by atoms with Crippen molar-refractivity contribution < 1.29 is 4.79 Å². The second-order valence-electron chi connectivity index (χ2n) is 3.78. The minimum Gasteiger partial charge on any atom is -0.345 e. The van der Waals surface area contributed by atoms with Crippen LogP contribution in [0.2, 0.25) is 0 Å². The molecule has 0 fully saturated rings. The van der Waals surface area contributed by atoms with Crippen molar-refractivity contribution in [1.82, 2.24) is 4.57 Å². The smallest absolute Gasteiger partial charge is 0.166 e. The van der Waals surface area contributed by atoms with Crippen LogP contribution >= 0.6 is 0 Å². The molecule has 0 saturated heterocycles. The van der Waals surface area contributed by atoms with E-state index in [1.165, 1.54) is 30.5 Å². The molecule has 0 radical (unpaired) electrons. The molecule has 1 aliphatic rings. The van der Waals surface area contributed by atoms with Gasteiger partial charge in [-0.2, -0.15) is 0 Å². The first-order chi connectivity index (χ1) is 6.33. The van der Waals surface area contributed by atoms with E-state index in [0.717, 1.165) is 24.8 Å². The lowest BCUT2D eigenvalue weighted by Crippen LogP contribution is -2.00. The summed E-state index contributed by atoms with van der Waals surface area (Å²) in [6, 6.07) is 2.05. The molecule has 1 aromatic heterocycles. The highest BCUT2D eigenvalue weighted by atomic mass is 16.1. The first kappa shape index (κ1) is 8.54. The van der Waals surface area contributed by atoms with Crippen molar-refractivity contribution in [3.05, 3.63) is 23.0 Å². The van der Waals surface area contributed by atoms with Gasteiger partial charge in [-0.3, -0.25) is 4.79 Å². The fourth-order valence-electron chi connectivity index (χ4n) is 2.17. The maximum atomic E-state index is 10.7. The van der Waals surface area contributed by atoms with Crippen molar-refractivity contribution in [3.63, 3.8) is 0 Å². The van der Waals surface area contributed by atoms with Crippen LogP contribution in [-0.2, 0) is 19.9 Å². The van der Waals surface area contributed by atoms with Gasteiger partial charge in [0.05, 0.1) is 5.69 Å². The molecule has 2 heteroatoms. The van der Waals surface area contributed by atoms with Gasteiger partial charge < -0.3 is 4.57 Å². The second kappa shape index (κ2) is 3.36. The van der Waals surface area contributed by atoms with Crippen LogP contribution in [0.4, 0.5) is 0 Å². The Morgan fingerprint density at radius 2 is 2.08 bits per heavy atom. The average molecular weight is 177 g/mol. The lowest BCUT2D eigenvalue weighted by atomic mass is 10.1. The Morgan fingerprint density at radius 1 is 1.31 bits per heavy atom. The number of hydrogen-bond donors (Lipinski definition) is 0. The van der Waals surface area contributed by atoms with E-state index in [-0.39, 0.29) is 0 Å². The normalized spacial score (nSPS) is 16.4. The van der Waals surface area contributed by atoms with E-state index in [1.54, 1.807) is 0 Å². The van der Waals surface area contributed by atoms with Gasteiger partial charge in [-0.25, -0.2) is 0 Å². The topological polar surface area (TPSA) is 22.0 Å². The summed E-state index contributed by atoms with van der Waals surface area (Å²) in [5, 5.41) is 0.